The standard InChI is InChI=1S/C16H16FN3O/c1-18-14-9-12-3-2-8-19-15(12)20(16(14)21)10-11-4-6-13(17)7-5-11/h2-8,14,18H,9-10H2,1H3. The van der Waals surface area contributed by atoms with Crippen LogP contribution < -0.4 is 10.2 Å². The van der Waals surface area contributed by atoms with Crippen molar-refractivity contribution in [1.82, 2.24) is 10.3 Å². The lowest BCUT2D eigenvalue weighted by atomic mass is 10.00. The summed E-state index contributed by atoms with van der Waals surface area (Å²) in [5, 5.41) is 3.04. The molecule has 0 fully saturated rings. The highest BCUT2D eigenvalue weighted by Gasteiger charge is 2.32. The zero-order valence-corrected chi connectivity index (χ0v) is 11.7. The second-order valence-corrected chi connectivity index (χ2v) is 5.08. The van der Waals surface area contributed by atoms with E-state index in [1.165, 1.54) is 12.1 Å². The van der Waals surface area contributed by atoms with Crippen molar-refractivity contribution in [1.29, 1.82) is 0 Å². The Morgan fingerprint density at radius 1 is 1.33 bits per heavy atom. The molecule has 0 spiro atoms. The van der Waals surface area contributed by atoms with Crippen LogP contribution in [0.5, 0.6) is 0 Å². The molecule has 0 bridgehead atoms. The van der Waals surface area contributed by atoms with Crippen molar-refractivity contribution in [2.24, 2.45) is 0 Å². The fraction of sp³-hybridized carbons (Fsp3) is 0.250. The van der Waals surface area contributed by atoms with Crippen molar-refractivity contribution >= 4 is 11.7 Å². The fourth-order valence-corrected chi connectivity index (χ4v) is 2.58. The normalized spacial score (nSPS) is 17.7. The number of hydrogen-bond acceptors (Lipinski definition) is 3. The molecule has 0 saturated heterocycles. The molecule has 2 heterocycles. The molecular weight excluding hydrogens is 269 g/mol. The molecule has 0 saturated carbocycles. The number of benzene rings is 1. The highest BCUT2D eigenvalue weighted by molar-refractivity contribution is 5.99. The Morgan fingerprint density at radius 2 is 2.10 bits per heavy atom. The third-order valence-corrected chi connectivity index (χ3v) is 3.71. The van der Waals surface area contributed by atoms with E-state index in [0.717, 1.165) is 11.1 Å². The first-order chi connectivity index (χ1) is 10.2. The molecule has 5 heteroatoms. The number of anilines is 1. The van der Waals surface area contributed by atoms with Gasteiger partial charge in [0.2, 0.25) is 5.91 Å². The van der Waals surface area contributed by atoms with Crippen LogP contribution in [0.1, 0.15) is 11.1 Å². The number of likely N-dealkylation sites (N-methyl/N-ethyl adjacent to an activating group) is 1. The number of rotatable bonds is 3. The van der Waals surface area contributed by atoms with E-state index in [-0.39, 0.29) is 17.8 Å². The van der Waals surface area contributed by atoms with Crippen LogP contribution in [0.2, 0.25) is 0 Å². The summed E-state index contributed by atoms with van der Waals surface area (Å²) in [5.41, 5.74) is 1.91. The number of fused-ring (bicyclic) bond motifs is 1. The summed E-state index contributed by atoms with van der Waals surface area (Å²) in [6.07, 6.45) is 2.32. The molecule has 1 aromatic carbocycles. The minimum absolute atomic E-state index is 0.00646. The Hall–Kier alpha value is -2.27. The van der Waals surface area contributed by atoms with Gasteiger partial charge in [-0.1, -0.05) is 18.2 Å². The number of aromatic nitrogens is 1. The Bertz CT molecular complexity index is 657. The second-order valence-electron chi connectivity index (χ2n) is 5.08. The van der Waals surface area contributed by atoms with Crippen LogP contribution in [0.15, 0.2) is 42.6 Å². The van der Waals surface area contributed by atoms with Gasteiger partial charge in [0.05, 0.1) is 12.6 Å². The molecule has 108 valence electrons. The topological polar surface area (TPSA) is 45.2 Å². The van der Waals surface area contributed by atoms with Gasteiger partial charge in [-0.25, -0.2) is 9.37 Å². The highest BCUT2D eigenvalue weighted by atomic mass is 19.1. The lowest BCUT2D eigenvalue weighted by Crippen LogP contribution is -2.50. The number of nitrogens with one attached hydrogen (secondary N) is 1. The van der Waals surface area contributed by atoms with E-state index in [0.29, 0.717) is 18.8 Å². The summed E-state index contributed by atoms with van der Waals surface area (Å²) in [6.45, 7) is 0.390. The number of nitrogens with zero attached hydrogens (tertiary/aromatic N) is 2. The van der Waals surface area contributed by atoms with Gasteiger partial charge in [-0.3, -0.25) is 9.69 Å². The molecule has 1 unspecified atom stereocenters. The Kier molecular flexibility index (Phi) is 3.66. The van der Waals surface area contributed by atoms with E-state index in [4.69, 9.17) is 0 Å². The number of halogens is 1. The summed E-state index contributed by atoms with van der Waals surface area (Å²) >= 11 is 0. The smallest absolute Gasteiger partial charge is 0.245 e. The van der Waals surface area contributed by atoms with E-state index >= 15 is 0 Å². The molecule has 0 radical (unpaired) electrons. The number of hydrogen-bond donors (Lipinski definition) is 1. The van der Waals surface area contributed by atoms with Crippen LogP contribution >= 0.6 is 0 Å². The molecule has 21 heavy (non-hydrogen) atoms. The molecule has 1 atom stereocenters. The predicted molar refractivity (Wildman–Crippen MR) is 78.4 cm³/mol. The molecule has 3 rings (SSSR count). The zero-order valence-electron chi connectivity index (χ0n) is 11.7. The molecule has 2 aromatic rings. The molecule has 0 aliphatic carbocycles. The van der Waals surface area contributed by atoms with Gasteiger partial charge in [0, 0.05) is 12.6 Å². The van der Waals surface area contributed by atoms with Crippen molar-refractivity contribution in [2.45, 2.75) is 19.0 Å². The van der Waals surface area contributed by atoms with Crippen LogP contribution in [0, 0.1) is 5.82 Å². The summed E-state index contributed by atoms with van der Waals surface area (Å²) in [5.74, 6) is 0.404. The summed E-state index contributed by atoms with van der Waals surface area (Å²) < 4.78 is 13.0. The van der Waals surface area contributed by atoms with Crippen LogP contribution in [0.25, 0.3) is 0 Å². The van der Waals surface area contributed by atoms with Crippen molar-refractivity contribution in [3.8, 4) is 0 Å². The number of pyridine rings is 1. The maximum atomic E-state index is 13.0. The average molecular weight is 285 g/mol. The van der Waals surface area contributed by atoms with Crippen molar-refractivity contribution in [2.75, 3.05) is 11.9 Å². The molecule has 1 aliphatic heterocycles. The largest absolute Gasteiger partial charge is 0.309 e. The SMILES string of the molecule is CNC1Cc2cccnc2N(Cc2ccc(F)cc2)C1=O. The minimum atomic E-state index is -0.282. The zero-order chi connectivity index (χ0) is 14.8. The first-order valence-electron chi connectivity index (χ1n) is 6.86. The third kappa shape index (κ3) is 2.64. The van der Waals surface area contributed by atoms with Crippen molar-refractivity contribution < 1.29 is 9.18 Å². The summed E-state index contributed by atoms with van der Waals surface area (Å²) in [4.78, 5) is 18.5. The first kappa shape index (κ1) is 13.7. The van der Waals surface area contributed by atoms with Crippen molar-refractivity contribution in [3.63, 3.8) is 0 Å². The van der Waals surface area contributed by atoms with E-state index in [9.17, 15) is 9.18 Å². The molecule has 1 N–H and O–H groups in total. The number of carbonyl (C=O) groups is 1. The van der Waals surface area contributed by atoms with E-state index in [1.54, 1.807) is 30.3 Å². The first-order valence-corrected chi connectivity index (χ1v) is 6.86. The van der Waals surface area contributed by atoms with Gasteiger partial charge in [0.1, 0.15) is 11.6 Å². The quantitative estimate of drug-likeness (QED) is 0.937. The van der Waals surface area contributed by atoms with Gasteiger partial charge in [-0.2, -0.15) is 0 Å². The Morgan fingerprint density at radius 3 is 2.81 bits per heavy atom. The molecular formula is C16H16FN3O. The number of carbonyl (C=O) groups excluding carboxylic acids is 1. The van der Waals surface area contributed by atoms with E-state index < -0.39 is 0 Å². The molecule has 1 amide bonds. The van der Waals surface area contributed by atoms with Gasteiger partial charge >= 0.3 is 0 Å². The van der Waals surface area contributed by atoms with Crippen LogP contribution in [0.4, 0.5) is 10.2 Å². The maximum Gasteiger partial charge on any atom is 0.245 e. The molecule has 4 nitrogen and oxygen atoms in total. The highest BCUT2D eigenvalue weighted by Crippen LogP contribution is 2.26. The fourth-order valence-electron chi connectivity index (χ4n) is 2.58. The van der Waals surface area contributed by atoms with Gasteiger partial charge in [0.15, 0.2) is 0 Å². The van der Waals surface area contributed by atoms with Crippen LogP contribution in [0.3, 0.4) is 0 Å². The second kappa shape index (κ2) is 5.61. The molecule has 1 aliphatic rings. The molecule has 1 aromatic heterocycles. The monoisotopic (exact) mass is 285 g/mol. The lowest BCUT2D eigenvalue weighted by molar-refractivity contribution is -0.121. The van der Waals surface area contributed by atoms with Gasteiger partial charge in [0.25, 0.3) is 0 Å². The summed E-state index contributed by atoms with van der Waals surface area (Å²) in [6, 6.07) is 9.79. The third-order valence-electron chi connectivity index (χ3n) is 3.71. The van der Waals surface area contributed by atoms with Crippen LogP contribution in [-0.2, 0) is 17.8 Å². The predicted octanol–water partition coefficient (Wildman–Crippen LogP) is 1.90. The van der Waals surface area contributed by atoms with Gasteiger partial charge in [-0.05, 0) is 36.4 Å². The minimum Gasteiger partial charge on any atom is -0.309 e. The van der Waals surface area contributed by atoms with Crippen LogP contribution in [-0.4, -0.2) is 24.0 Å². The number of amides is 1. The van der Waals surface area contributed by atoms with Crippen molar-refractivity contribution in [3.05, 3.63) is 59.5 Å². The maximum absolute atomic E-state index is 13.0. The van der Waals surface area contributed by atoms with E-state index in [1.807, 2.05) is 12.1 Å². The van der Waals surface area contributed by atoms with Gasteiger partial charge < -0.3 is 5.32 Å². The average Bonchev–Trinajstić information content (AvgIpc) is 2.51. The van der Waals surface area contributed by atoms with Gasteiger partial charge in [-0.15, -0.1) is 0 Å². The Balaban J connectivity index is 1.95. The Labute approximate surface area is 122 Å². The van der Waals surface area contributed by atoms with E-state index in [2.05, 4.69) is 10.3 Å². The lowest BCUT2D eigenvalue weighted by Gasteiger charge is -2.33. The summed E-state index contributed by atoms with van der Waals surface area (Å²) in [7, 11) is 1.78.